The molecule has 1 N–H and O–H groups in total. The molecule has 0 atom stereocenters. The zero-order valence-corrected chi connectivity index (χ0v) is 9.54. The van der Waals surface area contributed by atoms with E-state index in [2.05, 4.69) is 4.74 Å². The van der Waals surface area contributed by atoms with Crippen LogP contribution in [0.15, 0.2) is 12.1 Å². The molecule has 20 heavy (non-hydrogen) atoms. The van der Waals surface area contributed by atoms with Crippen LogP contribution in [0.1, 0.15) is 23.1 Å². The van der Waals surface area contributed by atoms with E-state index in [1.807, 2.05) is 0 Å². The second-order valence-corrected chi connectivity index (χ2v) is 3.54. The van der Waals surface area contributed by atoms with E-state index in [0.29, 0.717) is 12.1 Å². The minimum atomic E-state index is -5.13. The van der Waals surface area contributed by atoms with Gasteiger partial charge in [-0.25, -0.2) is 8.78 Å². The van der Waals surface area contributed by atoms with Crippen LogP contribution in [0.25, 0.3) is 0 Å². The largest absolute Gasteiger partial charge is 0.573 e. The van der Waals surface area contributed by atoms with E-state index in [1.54, 1.807) is 0 Å². The van der Waals surface area contributed by atoms with Crippen LogP contribution in [0.3, 0.4) is 0 Å². The molecule has 108 valence electrons. The number of hydrogen-bond acceptors (Lipinski definition) is 3. The predicted molar refractivity (Wildman–Crippen MR) is 54.1 cm³/mol. The number of carboxylic acids is 1. The van der Waals surface area contributed by atoms with Crippen LogP contribution in [0.2, 0.25) is 0 Å². The van der Waals surface area contributed by atoms with Crippen LogP contribution in [0, 0.1) is 11.3 Å². The first-order chi connectivity index (χ1) is 9.15. The number of nitriles is 1. The maximum Gasteiger partial charge on any atom is 0.573 e. The van der Waals surface area contributed by atoms with Crippen molar-refractivity contribution in [1.82, 2.24) is 0 Å². The molecule has 0 aliphatic carbocycles. The van der Waals surface area contributed by atoms with E-state index in [9.17, 15) is 26.7 Å². The first-order valence-corrected chi connectivity index (χ1v) is 4.97. The number of alkyl halides is 5. The average Bonchev–Trinajstić information content (AvgIpc) is 2.28. The summed E-state index contributed by atoms with van der Waals surface area (Å²) in [6.45, 7) is 0. The molecule has 0 saturated heterocycles. The standard InChI is InChI=1S/C11H6F5NO3/c12-10(13)5-1-2-8(20-11(14,15)16)6(3-9(18)19)7(5)4-17/h1-2,10H,3H2,(H,18,19). The quantitative estimate of drug-likeness (QED) is 0.867. The zero-order valence-electron chi connectivity index (χ0n) is 9.54. The van der Waals surface area contributed by atoms with E-state index >= 15 is 0 Å². The summed E-state index contributed by atoms with van der Waals surface area (Å²) >= 11 is 0. The fourth-order valence-corrected chi connectivity index (χ4v) is 1.51. The Morgan fingerprint density at radius 2 is 2.00 bits per heavy atom. The highest BCUT2D eigenvalue weighted by Gasteiger charge is 2.33. The molecule has 0 aromatic heterocycles. The molecule has 4 nitrogen and oxygen atoms in total. The number of aliphatic carboxylic acids is 1. The van der Waals surface area contributed by atoms with E-state index in [1.165, 1.54) is 6.07 Å². The Hall–Kier alpha value is -2.37. The van der Waals surface area contributed by atoms with Gasteiger partial charge in [-0.15, -0.1) is 13.2 Å². The number of halogens is 5. The zero-order chi connectivity index (χ0) is 15.5. The Bertz CT molecular complexity index is 562. The van der Waals surface area contributed by atoms with Crippen LogP contribution >= 0.6 is 0 Å². The van der Waals surface area contributed by atoms with Crippen molar-refractivity contribution in [2.75, 3.05) is 0 Å². The van der Waals surface area contributed by atoms with Gasteiger partial charge in [-0.3, -0.25) is 4.79 Å². The number of nitrogens with zero attached hydrogens (tertiary/aromatic N) is 1. The lowest BCUT2D eigenvalue weighted by Gasteiger charge is -2.15. The second-order valence-electron chi connectivity index (χ2n) is 3.54. The molecule has 9 heteroatoms. The van der Waals surface area contributed by atoms with Crippen molar-refractivity contribution in [2.24, 2.45) is 0 Å². The highest BCUT2D eigenvalue weighted by molar-refractivity contribution is 5.73. The third-order valence-electron chi connectivity index (χ3n) is 2.20. The maximum absolute atomic E-state index is 12.6. The topological polar surface area (TPSA) is 70.3 Å². The van der Waals surface area contributed by atoms with Gasteiger partial charge in [0.25, 0.3) is 6.43 Å². The van der Waals surface area contributed by atoms with E-state index in [0.717, 1.165) is 0 Å². The van der Waals surface area contributed by atoms with Crippen molar-refractivity contribution in [1.29, 1.82) is 5.26 Å². The van der Waals surface area contributed by atoms with E-state index < -0.39 is 47.6 Å². The van der Waals surface area contributed by atoms with E-state index in [4.69, 9.17) is 10.4 Å². The first kappa shape index (κ1) is 15.7. The van der Waals surface area contributed by atoms with Gasteiger partial charge in [-0.1, -0.05) is 0 Å². The summed E-state index contributed by atoms with van der Waals surface area (Å²) in [4.78, 5) is 10.6. The fourth-order valence-electron chi connectivity index (χ4n) is 1.51. The normalized spacial score (nSPS) is 11.2. The third-order valence-corrected chi connectivity index (χ3v) is 2.20. The number of hydrogen-bond donors (Lipinski definition) is 1. The Morgan fingerprint density at radius 3 is 2.40 bits per heavy atom. The van der Waals surface area contributed by atoms with Gasteiger partial charge in [-0.05, 0) is 12.1 Å². The highest BCUT2D eigenvalue weighted by Crippen LogP contribution is 2.34. The summed E-state index contributed by atoms with van der Waals surface area (Å²) in [5, 5.41) is 17.4. The molecule has 0 radical (unpaired) electrons. The SMILES string of the molecule is N#Cc1c(C(F)F)ccc(OC(F)(F)F)c1CC(=O)O. The van der Waals surface area contributed by atoms with Crippen LogP contribution in [0.4, 0.5) is 22.0 Å². The second kappa shape index (κ2) is 5.73. The van der Waals surface area contributed by atoms with Gasteiger partial charge >= 0.3 is 12.3 Å². The molecule has 0 aliphatic heterocycles. The van der Waals surface area contributed by atoms with Crippen molar-refractivity contribution >= 4 is 5.97 Å². The molecule has 0 heterocycles. The summed E-state index contributed by atoms with van der Waals surface area (Å²) in [5.41, 5.74) is -2.42. The van der Waals surface area contributed by atoms with Gasteiger partial charge in [0.05, 0.1) is 12.0 Å². The number of rotatable bonds is 4. The van der Waals surface area contributed by atoms with Crippen LogP contribution in [-0.2, 0) is 11.2 Å². The van der Waals surface area contributed by atoms with Crippen molar-refractivity contribution in [2.45, 2.75) is 19.2 Å². The van der Waals surface area contributed by atoms with Gasteiger partial charge in [0.1, 0.15) is 11.8 Å². The minimum absolute atomic E-state index is 0.564. The van der Waals surface area contributed by atoms with Gasteiger partial charge < -0.3 is 9.84 Å². The van der Waals surface area contributed by atoms with E-state index in [-0.39, 0.29) is 0 Å². The van der Waals surface area contributed by atoms with Crippen molar-refractivity contribution < 1.29 is 36.6 Å². The molecule has 0 aliphatic rings. The van der Waals surface area contributed by atoms with Gasteiger partial charge in [0.15, 0.2) is 0 Å². The summed E-state index contributed by atoms with van der Waals surface area (Å²) in [6.07, 6.45) is -9.31. The van der Waals surface area contributed by atoms with Crippen LogP contribution in [0.5, 0.6) is 5.75 Å². The maximum atomic E-state index is 12.6. The molecule has 1 aromatic carbocycles. The number of carbonyl (C=O) groups is 1. The Balaban J connectivity index is 3.46. The Labute approximate surface area is 109 Å². The van der Waals surface area contributed by atoms with Crippen LogP contribution in [-0.4, -0.2) is 17.4 Å². The summed E-state index contributed by atoms with van der Waals surface area (Å²) in [5.74, 6) is -2.57. The molecule has 0 saturated carbocycles. The number of carboxylic acid groups (broad SMARTS) is 1. The highest BCUT2D eigenvalue weighted by atomic mass is 19.4. The molecule has 1 aromatic rings. The first-order valence-electron chi connectivity index (χ1n) is 4.97. The lowest BCUT2D eigenvalue weighted by Crippen LogP contribution is -2.19. The summed E-state index contributed by atoms with van der Waals surface area (Å²) in [6, 6.07) is 2.44. The molecule has 0 bridgehead atoms. The molecule has 0 fully saturated rings. The fraction of sp³-hybridized carbons (Fsp3) is 0.273. The predicted octanol–water partition coefficient (Wildman–Crippen LogP) is 3.02. The lowest BCUT2D eigenvalue weighted by atomic mass is 9.98. The monoisotopic (exact) mass is 295 g/mol. The molecule has 0 amide bonds. The Morgan fingerprint density at radius 1 is 1.40 bits per heavy atom. The summed E-state index contributed by atoms with van der Waals surface area (Å²) in [7, 11) is 0. The number of benzene rings is 1. The lowest BCUT2D eigenvalue weighted by molar-refractivity contribution is -0.275. The van der Waals surface area contributed by atoms with Crippen LogP contribution < -0.4 is 4.74 Å². The summed E-state index contributed by atoms with van der Waals surface area (Å²) < 4.78 is 65.3. The van der Waals surface area contributed by atoms with Gasteiger partial charge in [-0.2, -0.15) is 5.26 Å². The average molecular weight is 295 g/mol. The van der Waals surface area contributed by atoms with Gasteiger partial charge in [0, 0.05) is 11.1 Å². The molecule has 0 unspecified atom stereocenters. The molecular weight excluding hydrogens is 289 g/mol. The smallest absolute Gasteiger partial charge is 0.481 e. The van der Waals surface area contributed by atoms with Gasteiger partial charge in [0.2, 0.25) is 0 Å². The minimum Gasteiger partial charge on any atom is -0.481 e. The van der Waals surface area contributed by atoms with Crippen molar-refractivity contribution in [3.63, 3.8) is 0 Å². The molecule has 0 spiro atoms. The van der Waals surface area contributed by atoms with Crippen molar-refractivity contribution in [3.05, 3.63) is 28.8 Å². The van der Waals surface area contributed by atoms with Crippen molar-refractivity contribution in [3.8, 4) is 11.8 Å². The molecule has 1 rings (SSSR count). The Kier molecular flexibility index (Phi) is 4.49. The molecular formula is C11H6F5NO3. The third kappa shape index (κ3) is 3.81. The number of ether oxygens (including phenoxy) is 1.